The summed E-state index contributed by atoms with van der Waals surface area (Å²) in [5.74, 6) is 4.74. The summed E-state index contributed by atoms with van der Waals surface area (Å²) >= 11 is -0.766. The topological polar surface area (TPSA) is 0 Å². The van der Waals surface area contributed by atoms with Crippen LogP contribution >= 0.6 is 0 Å². The van der Waals surface area contributed by atoms with E-state index in [-0.39, 0.29) is 12.4 Å². The molecule has 0 saturated carbocycles. The van der Waals surface area contributed by atoms with Gasteiger partial charge in [0.15, 0.2) is 0 Å². The fourth-order valence-electron chi connectivity index (χ4n) is 0.771. The van der Waals surface area contributed by atoms with Gasteiger partial charge in [-0.1, -0.05) is 0 Å². The summed E-state index contributed by atoms with van der Waals surface area (Å²) in [6, 6.07) is 10.8. The van der Waals surface area contributed by atoms with Crippen molar-refractivity contribution >= 4 is 18.7 Å². The van der Waals surface area contributed by atoms with Crippen molar-refractivity contribution in [2.24, 2.45) is 0 Å². The van der Waals surface area contributed by atoms with E-state index in [1.165, 1.54) is 0 Å². The molecule has 0 N–H and O–H groups in total. The van der Waals surface area contributed by atoms with Gasteiger partial charge in [-0.2, -0.15) is 0 Å². The largest absolute Gasteiger partial charge is 1.00 e. The zero-order chi connectivity index (χ0) is 6.69. The van der Waals surface area contributed by atoms with Gasteiger partial charge in [-0.25, -0.2) is 0 Å². The van der Waals surface area contributed by atoms with E-state index in [0.717, 1.165) is 0 Å². The summed E-state index contributed by atoms with van der Waals surface area (Å²) in [7, 11) is 0. The standard InChI is InChI=1S/C8H11Ge.ClH/c1-9(2)8-6-4-3-5-7-8;/h3-7H,1-2H3;1H/q+1;/p-1. The average molecular weight is 215 g/mol. The van der Waals surface area contributed by atoms with Gasteiger partial charge in [-0.15, -0.1) is 0 Å². The number of halogens is 1. The molecule has 0 saturated heterocycles. The Bertz CT molecular complexity index is 172. The average Bonchev–Trinajstić information content (AvgIpc) is 1.90. The van der Waals surface area contributed by atoms with Crippen LogP contribution in [0.5, 0.6) is 0 Å². The molecular formula is C8H11ClGe. The van der Waals surface area contributed by atoms with Crippen LogP contribution in [0.2, 0.25) is 11.5 Å². The van der Waals surface area contributed by atoms with Crippen LogP contribution in [0.3, 0.4) is 0 Å². The van der Waals surface area contributed by atoms with Gasteiger partial charge < -0.3 is 12.4 Å². The van der Waals surface area contributed by atoms with Crippen LogP contribution in [-0.2, 0) is 0 Å². The molecule has 0 heterocycles. The molecule has 0 radical (unpaired) electrons. The van der Waals surface area contributed by atoms with Gasteiger partial charge >= 0.3 is 60.6 Å². The van der Waals surface area contributed by atoms with E-state index in [9.17, 15) is 0 Å². The first-order valence-corrected chi connectivity index (χ1v) is 8.41. The van der Waals surface area contributed by atoms with E-state index in [1.807, 2.05) is 0 Å². The summed E-state index contributed by atoms with van der Waals surface area (Å²) in [4.78, 5) is 0. The number of hydrogen-bond acceptors (Lipinski definition) is 0. The zero-order valence-corrected chi connectivity index (χ0v) is 9.12. The molecule has 0 aliphatic rings. The Kier molecular flexibility index (Phi) is 4.83. The number of hydrogen-bond donors (Lipinski definition) is 0. The fraction of sp³-hybridized carbons (Fsp3) is 0.250. The van der Waals surface area contributed by atoms with Gasteiger partial charge in [0.05, 0.1) is 0 Å². The van der Waals surface area contributed by atoms with Crippen molar-refractivity contribution in [2.45, 2.75) is 11.5 Å². The van der Waals surface area contributed by atoms with Crippen LogP contribution in [0, 0.1) is 0 Å². The first-order chi connectivity index (χ1) is 4.30. The third-order valence-corrected chi connectivity index (χ3v) is 4.47. The molecule has 0 aliphatic carbocycles. The molecule has 54 valence electrons. The summed E-state index contributed by atoms with van der Waals surface area (Å²) in [5, 5.41) is 0. The van der Waals surface area contributed by atoms with Crippen molar-refractivity contribution in [3.8, 4) is 0 Å². The van der Waals surface area contributed by atoms with Gasteiger partial charge in [0.25, 0.3) is 0 Å². The smallest absolute Gasteiger partial charge is 1.00 e. The number of rotatable bonds is 1. The zero-order valence-electron chi connectivity index (χ0n) is 6.26. The minimum atomic E-state index is -0.766. The Labute approximate surface area is 73.2 Å². The third-order valence-electron chi connectivity index (χ3n) is 1.35. The Balaban J connectivity index is 0.000000810. The van der Waals surface area contributed by atoms with Crippen molar-refractivity contribution in [1.82, 2.24) is 0 Å². The predicted octanol–water partition coefficient (Wildman–Crippen LogP) is -1.35. The maximum Gasteiger partial charge on any atom is -1.00 e. The van der Waals surface area contributed by atoms with Gasteiger partial charge in [0.2, 0.25) is 0 Å². The van der Waals surface area contributed by atoms with Crippen LogP contribution in [0.1, 0.15) is 0 Å². The number of benzene rings is 1. The van der Waals surface area contributed by atoms with Crippen molar-refractivity contribution in [2.75, 3.05) is 0 Å². The molecule has 10 heavy (non-hydrogen) atoms. The predicted molar refractivity (Wildman–Crippen MR) is 43.6 cm³/mol. The van der Waals surface area contributed by atoms with Crippen LogP contribution < -0.4 is 16.8 Å². The van der Waals surface area contributed by atoms with Crippen LogP contribution in [-0.4, -0.2) is 14.3 Å². The Morgan fingerprint density at radius 3 is 1.80 bits per heavy atom. The van der Waals surface area contributed by atoms with Crippen molar-refractivity contribution in [1.29, 1.82) is 0 Å². The Morgan fingerprint density at radius 2 is 1.50 bits per heavy atom. The van der Waals surface area contributed by atoms with E-state index in [0.29, 0.717) is 0 Å². The summed E-state index contributed by atoms with van der Waals surface area (Å²) < 4.78 is 1.58. The van der Waals surface area contributed by atoms with Crippen LogP contribution in [0.4, 0.5) is 0 Å². The molecular weight excluding hydrogens is 204 g/mol. The summed E-state index contributed by atoms with van der Waals surface area (Å²) in [6.07, 6.45) is 0. The normalized spacial score (nSPS) is 8.20. The summed E-state index contributed by atoms with van der Waals surface area (Å²) in [5.41, 5.74) is 0. The third kappa shape index (κ3) is 2.76. The quantitative estimate of drug-likeness (QED) is 0.508. The van der Waals surface area contributed by atoms with E-state index in [1.54, 1.807) is 4.40 Å². The van der Waals surface area contributed by atoms with Gasteiger partial charge in [-0.3, -0.25) is 0 Å². The van der Waals surface area contributed by atoms with E-state index in [2.05, 4.69) is 41.8 Å². The molecule has 1 rings (SSSR count). The fourth-order valence-corrected chi connectivity index (χ4v) is 2.57. The molecule has 1 aromatic rings. The van der Waals surface area contributed by atoms with Crippen molar-refractivity contribution in [3.63, 3.8) is 0 Å². The second kappa shape index (κ2) is 4.81. The van der Waals surface area contributed by atoms with E-state index in [4.69, 9.17) is 0 Å². The van der Waals surface area contributed by atoms with Gasteiger partial charge in [0, 0.05) is 0 Å². The first-order valence-electron chi connectivity index (χ1n) is 3.16. The van der Waals surface area contributed by atoms with Gasteiger partial charge in [-0.05, 0) is 0 Å². The Morgan fingerprint density at radius 1 is 1.00 bits per heavy atom. The second-order valence-electron chi connectivity index (χ2n) is 2.37. The molecule has 0 unspecified atom stereocenters. The first kappa shape index (κ1) is 10.1. The molecule has 0 nitrogen and oxygen atoms in total. The molecule has 1 aromatic carbocycles. The molecule has 0 atom stereocenters. The van der Waals surface area contributed by atoms with E-state index >= 15 is 0 Å². The maximum absolute atomic E-state index is 2.37. The monoisotopic (exact) mass is 216 g/mol. The maximum atomic E-state index is 2.37. The minimum Gasteiger partial charge on any atom is -1.00 e. The molecule has 0 aromatic heterocycles. The van der Waals surface area contributed by atoms with Crippen LogP contribution in [0.25, 0.3) is 0 Å². The van der Waals surface area contributed by atoms with E-state index < -0.39 is 14.3 Å². The molecule has 2 heteroatoms. The molecule has 0 aliphatic heterocycles. The van der Waals surface area contributed by atoms with Gasteiger partial charge in [0.1, 0.15) is 0 Å². The van der Waals surface area contributed by atoms with Crippen LogP contribution in [0.15, 0.2) is 30.3 Å². The van der Waals surface area contributed by atoms with Crippen molar-refractivity contribution in [3.05, 3.63) is 30.3 Å². The van der Waals surface area contributed by atoms with Crippen molar-refractivity contribution < 1.29 is 12.4 Å². The molecule has 0 amide bonds. The molecule has 0 fully saturated rings. The molecule has 0 spiro atoms. The second-order valence-corrected chi connectivity index (χ2v) is 7.77. The minimum absolute atomic E-state index is 0. The summed E-state index contributed by atoms with van der Waals surface area (Å²) in [6.45, 7) is 0. The molecule has 0 bridgehead atoms. The Hall–Kier alpha value is 0.0529. The SMILES string of the molecule is [CH3][Ge+]([CH3])[c]1ccccc1.[Cl-].